The van der Waals surface area contributed by atoms with Crippen LogP contribution >= 0.6 is 0 Å². The van der Waals surface area contributed by atoms with E-state index in [0.29, 0.717) is 10.1 Å². The SMILES string of the molecule is O=[n+]1cc[c]c2ccccc2n1. The topological polar surface area (TPSA) is 35.9 Å². The first-order chi connectivity index (χ1) is 5.86. The summed E-state index contributed by atoms with van der Waals surface area (Å²) in [7, 11) is 0. The van der Waals surface area contributed by atoms with Gasteiger partial charge in [-0.25, -0.2) is 0 Å². The molecular formula is C9H6N2O+. The van der Waals surface area contributed by atoms with E-state index < -0.39 is 0 Å². The molecule has 0 saturated carbocycles. The molecule has 1 heterocycles. The maximum atomic E-state index is 10.9. The summed E-state index contributed by atoms with van der Waals surface area (Å²) in [4.78, 5) is 10.9. The summed E-state index contributed by atoms with van der Waals surface area (Å²) in [6.45, 7) is 0. The van der Waals surface area contributed by atoms with Crippen LogP contribution in [0, 0.1) is 11.0 Å². The van der Waals surface area contributed by atoms with Gasteiger partial charge >= 0.3 is 0 Å². The molecule has 1 aromatic carbocycles. The van der Waals surface area contributed by atoms with Crippen molar-refractivity contribution in [3.8, 4) is 0 Å². The van der Waals surface area contributed by atoms with Crippen molar-refractivity contribution in [2.75, 3.05) is 0 Å². The van der Waals surface area contributed by atoms with Gasteiger partial charge < -0.3 is 0 Å². The lowest BCUT2D eigenvalue weighted by atomic mass is 10.2. The van der Waals surface area contributed by atoms with Gasteiger partial charge in [0.05, 0.1) is 10.0 Å². The highest BCUT2D eigenvalue weighted by Crippen LogP contribution is 2.05. The second kappa shape index (κ2) is 2.70. The average Bonchev–Trinajstić information content (AvgIpc) is 2.25. The molecule has 0 amide bonds. The second-order valence-corrected chi connectivity index (χ2v) is 2.38. The first-order valence-electron chi connectivity index (χ1n) is 3.56. The molecule has 57 valence electrons. The largest absolute Gasteiger partial charge is 0.260 e. The van der Waals surface area contributed by atoms with Crippen LogP contribution in [0.15, 0.2) is 36.5 Å². The molecule has 0 fully saturated rings. The average molecular weight is 158 g/mol. The van der Waals surface area contributed by atoms with Crippen molar-refractivity contribution < 1.29 is 4.54 Å². The van der Waals surface area contributed by atoms with Gasteiger partial charge in [-0.3, -0.25) is 0 Å². The highest BCUT2D eigenvalue weighted by Gasteiger charge is 1.95. The molecule has 0 spiro atoms. The van der Waals surface area contributed by atoms with E-state index in [1.165, 1.54) is 6.20 Å². The van der Waals surface area contributed by atoms with Gasteiger partial charge in [-0.15, -0.1) is 0 Å². The molecule has 2 aromatic rings. The summed E-state index contributed by atoms with van der Waals surface area (Å²) in [6, 6.07) is 11.9. The zero-order chi connectivity index (χ0) is 8.39. The van der Waals surface area contributed by atoms with Gasteiger partial charge in [-0.1, -0.05) is 18.2 Å². The molecule has 0 aliphatic rings. The first-order valence-corrected chi connectivity index (χ1v) is 3.56. The van der Waals surface area contributed by atoms with Crippen molar-refractivity contribution in [3.63, 3.8) is 0 Å². The summed E-state index contributed by atoms with van der Waals surface area (Å²) >= 11 is 0. The number of aromatic nitrogens is 2. The predicted octanol–water partition coefficient (Wildman–Crippen LogP) is 0.949. The van der Waals surface area contributed by atoms with Crippen LogP contribution in [0.5, 0.6) is 0 Å². The van der Waals surface area contributed by atoms with Crippen LogP contribution in [-0.4, -0.2) is 5.10 Å². The Hall–Kier alpha value is -1.77. The molecule has 0 saturated heterocycles. The normalized spacial score (nSPS) is 10.0. The Labute approximate surface area is 68.9 Å². The fourth-order valence-corrected chi connectivity index (χ4v) is 1.01. The van der Waals surface area contributed by atoms with Gasteiger partial charge in [0.1, 0.15) is 5.52 Å². The van der Waals surface area contributed by atoms with Crippen LogP contribution < -0.4 is 4.54 Å². The zero-order valence-corrected chi connectivity index (χ0v) is 6.27. The predicted molar refractivity (Wildman–Crippen MR) is 43.9 cm³/mol. The molecule has 1 aromatic heterocycles. The maximum Gasteiger partial charge on any atom is 0.260 e. The Morgan fingerprint density at radius 3 is 3.08 bits per heavy atom. The van der Waals surface area contributed by atoms with E-state index in [-0.39, 0.29) is 0 Å². The van der Waals surface area contributed by atoms with Crippen LogP contribution in [-0.2, 0) is 0 Å². The smallest absolute Gasteiger partial charge is 0.0615 e. The summed E-state index contributed by atoms with van der Waals surface area (Å²) in [6.07, 6.45) is 1.32. The Morgan fingerprint density at radius 2 is 2.17 bits per heavy atom. The maximum absolute atomic E-state index is 10.9. The first kappa shape index (κ1) is 6.91. The highest BCUT2D eigenvalue weighted by atomic mass is 16.3. The summed E-state index contributed by atoms with van der Waals surface area (Å²) in [5.74, 6) is 0. The molecule has 0 N–H and O–H groups in total. The highest BCUT2D eigenvalue weighted by molar-refractivity contribution is 5.76. The monoisotopic (exact) mass is 158 g/mol. The van der Waals surface area contributed by atoms with Crippen molar-refractivity contribution in [2.24, 2.45) is 0 Å². The molecule has 0 atom stereocenters. The summed E-state index contributed by atoms with van der Waals surface area (Å²) in [5, 5.41) is 4.61. The molecule has 0 unspecified atom stereocenters. The van der Waals surface area contributed by atoms with Crippen LogP contribution in [0.25, 0.3) is 10.9 Å². The molecule has 3 heteroatoms. The quantitative estimate of drug-likeness (QED) is 0.535. The fraction of sp³-hybridized carbons (Fsp3) is 0. The van der Waals surface area contributed by atoms with E-state index in [0.717, 1.165) is 5.39 Å². The molecule has 0 bridgehead atoms. The lowest BCUT2D eigenvalue weighted by Gasteiger charge is -1.82. The van der Waals surface area contributed by atoms with Gasteiger partial charge in [0.2, 0.25) is 0 Å². The van der Waals surface area contributed by atoms with Crippen molar-refractivity contribution in [3.05, 3.63) is 47.5 Å². The Kier molecular flexibility index (Phi) is 1.55. The molecule has 0 aliphatic carbocycles. The second-order valence-electron chi connectivity index (χ2n) is 2.38. The zero-order valence-electron chi connectivity index (χ0n) is 6.27. The van der Waals surface area contributed by atoms with Crippen molar-refractivity contribution in [1.29, 1.82) is 0 Å². The minimum Gasteiger partial charge on any atom is -0.0615 e. The van der Waals surface area contributed by atoms with Gasteiger partial charge in [0.25, 0.3) is 6.20 Å². The van der Waals surface area contributed by atoms with Gasteiger partial charge in [0, 0.05) is 11.5 Å². The van der Waals surface area contributed by atoms with Crippen molar-refractivity contribution in [1.82, 2.24) is 5.10 Å². The van der Waals surface area contributed by atoms with Gasteiger partial charge in [-0.05, 0) is 12.1 Å². The molecule has 1 radical (unpaired) electrons. The summed E-state index contributed by atoms with van der Waals surface area (Å²) < 4.78 is 0.527. The van der Waals surface area contributed by atoms with Crippen LogP contribution in [0.3, 0.4) is 0 Å². The molecular weight excluding hydrogens is 152 g/mol. The van der Waals surface area contributed by atoms with Crippen molar-refractivity contribution >= 4 is 10.9 Å². The number of benzene rings is 1. The lowest BCUT2D eigenvalue weighted by molar-refractivity contribution is -0.560. The van der Waals surface area contributed by atoms with Crippen LogP contribution in [0.1, 0.15) is 0 Å². The Balaban J connectivity index is 2.98. The number of hydrogen-bond donors (Lipinski definition) is 0. The molecule has 0 aliphatic heterocycles. The van der Waals surface area contributed by atoms with E-state index in [4.69, 9.17) is 0 Å². The minimum absolute atomic E-state index is 0.527. The lowest BCUT2D eigenvalue weighted by Crippen LogP contribution is -2.14. The third-order valence-corrected chi connectivity index (χ3v) is 1.55. The Bertz CT molecular complexity index is 468. The van der Waals surface area contributed by atoms with Gasteiger partial charge in [0.15, 0.2) is 4.54 Å². The number of fused-ring (bicyclic) bond motifs is 1. The van der Waals surface area contributed by atoms with Crippen molar-refractivity contribution in [2.45, 2.75) is 0 Å². The third kappa shape index (κ3) is 1.16. The number of hydrogen-bond acceptors (Lipinski definition) is 2. The number of rotatable bonds is 0. The van der Waals surface area contributed by atoms with E-state index in [1.807, 2.05) is 18.2 Å². The molecule has 12 heavy (non-hydrogen) atoms. The van der Waals surface area contributed by atoms with E-state index in [1.54, 1.807) is 12.1 Å². The minimum atomic E-state index is 0.527. The standard InChI is InChI=1S/C9H6N2O/c12-11-7-3-5-8-4-1-2-6-9(8)10-11/h1-4,6-7H/q+1. The van der Waals surface area contributed by atoms with E-state index in [2.05, 4.69) is 11.2 Å². The summed E-state index contributed by atoms with van der Waals surface area (Å²) in [5.41, 5.74) is 0.650. The molecule has 2 rings (SSSR count). The van der Waals surface area contributed by atoms with Crippen LogP contribution in [0.4, 0.5) is 0 Å². The van der Waals surface area contributed by atoms with Gasteiger partial charge in [-0.2, -0.15) is 0 Å². The molecule has 3 nitrogen and oxygen atoms in total. The van der Waals surface area contributed by atoms with E-state index >= 15 is 0 Å². The number of nitrogens with zero attached hydrogens (tertiary/aromatic N) is 2. The van der Waals surface area contributed by atoms with E-state index in [9.17, 15) is 4.91 Å². The van der Waals surface area contributed by atoms with Crippen LogP contribution in [0.2, 0.25) is 0 Å². The fourth-order valence-electron chi connectivity index (χ4n) is 1.01. The Morgan fingerprint density at radius 1 is 1.33 bits per heavy atom. The third-order valence-electron chi connectivity index (χ3n) is 1.55.